The predicted octanol–water partition coefficient (Wildman–Crippen LogP) is 2.36. The molecule has 1 spiro atoms. The molecule has 1 saturated carbocycles. The number of rotatable bonds is 4. The van der Waals surface area contributed by atoms with Crippen LogP contribution in [-0.4, -0.2) is 49.2 Å². The van der Waals surface area contributed by atoms with E-state index in [1.54, 1.807) is 0 Å². The standard InChI is InChI=1S/C17H24N6O2/c24-14(23-10-8-17(9-11-23)6-2-1-3-7-17)5-4-13-20-16(22-25-13)15-18-12-19-21-15/h12H,1-11H2,(H,18,19,21). The molecule has 8 nitrogen and oxygen atoms in total. The van der Waals surface area contributed by atoms with E-state index in [1.165, 1.54) is 38.4 Å². The highest BCUT2D eigenvalue weighted by Crippen LogP contribution is 2.44. The molecule has 25 heavy (non-hydrogen) atoms. The molecule has 3 heterocycles. The highest BCUT2D eigenvalue weighted by Gasteiger charge is 2.36. The molecule has 1 saturated heterocycles. The number of nitrogens with zero attached hydrogens (tertiary/aromatic N) is 5. The molecule has 2 aromatic heterocycles. The molecular formula is C17H24N6O2. The molecule has 134 valence electrons. The molecule has 1 amide bonds. The van der Waals surface area contributed by atoms with Crippen molar-refractivity contribution < 1.29 is 9.32 Å². The number of hydrogen-bond acceptors (Lipinski definition) is 6. The van der Waals surface area contributed by atoms with Gasteiger partial charge in [0.1, 0.15) is 6.33 Å². The van der Waals surface area contributed by atoms with E-state index in [-0.39, 0.29) is 5.91 Å². The molecule has 0 aromatic carbocycles. The number of aryl methyl sites for hydroxylation is 1. The quantitative estimate of drug-likeness (QED) is 0.914. The highest BCUT2D eigenvalue weighted by atomic mass is 16.5. The van der Waals surface area contributed by atoms with E-state index in [0.717, 1.165) is 25.9 Å². The summed E-state index contributed by atoms with van der Waals surface area (Å²) in [5, 5.41) is 10.3. The van der Waals surface area contributed by atoms with Crippen LogP contribution in [0.2, 0.25) is 0 Å². The summed E-state index contributed by atoms with van der Waals surface area (Å²) in [5.41, 5.74) is 0.521. The van der Waals surface area contributed by atoms with Crippen molar-refractivity contribution in [1.29, 1.82) is 0 Å². The monoisotopic (exact) mass is 344 g/mol. The summed E-state index contributed by atoms with van der Waals surface area (Å²) in [6, 6.07) is 0. The lowest BCUT2D eigenvalue weighted by Crippen LogP contribution is -2.44. The molecule has 1 aliphatic carbocycles. The van der Waals surface area contributed by atoms with Gasteiger partial charge < -0.3 is 9.42 Å². The molecule has 8 heteroatoms. The minimum atomic E-state index is 0.185. The molecule has 1 aliphatic heterocycles. The Hall–Kier alpha value is -2.25. The van der Waals surface area contributed by atoms with Crippen molar-refractivity contribution in [2.45, 2.75) is 57.8 Å². The molecule has 4 rings (SSSR count). The number of aromatic nitrogens is 5. The van der Waals surface area contributed by atoms with Crippen LogP contribution >= 0.6 is 0 Å². The highest BCUT2D eigenvalue weighted by molar-refractivity contribution is 5.76. The van der Waals surface area contributed by atoms with Gasteiger partial charge in [0.05, 0.1) is 0 Å². The van der Waals surface area contributed by atoms with E-state index >= 15 is 0 Å². The molecule has 2 aromatic rings. The van der Waals surface area contributed by atoms with Gasteiger partial charge in [0.2, 0.25) is 17.6 Å². The van der Waals surface area contributed by atoms with Crippen molar-refractivity contribution in [3.05, 3.63) is 12.2 Å². The van der Waals surface area contributed by atoms with Crippen molar-refractivity contribution in [2.24, 2.45) is 5.41 Å². The minimum Gasteiger partial charge on any atom is -0.343 e. The predicted molar refractivity (Wildman–Crippen MR) is 89.3 cm³/mol. The van der Waals surface area contributed by atoms with Gasteiger partial charge in [0.25, 0.3) is 0 Å². The van der Waals surface area contributed by atoms with E-state index in [9.17, 15) is 4.79 Å². The lowest BCUT2D eigenvalue weighted by Gasteiger charge is -2.44. The van der Waals surface area contributed by atoms with Crippen molar-refractivity contribution in [2.75, 3.05) is 13.1 Å². The molecule has 0 atom stereocenters. The number of piperidine rings is 1. The third-order valence-electron chi connectivity index (χ3n) is 5.74. The molecular weight excluding hydrogens is 320 g/mol. The number of H-pyrrole nitrogens is 1. The Kier molecular flexibility index (Phi) is 4.50. The Labute approximate surface area is 146 Å². The second-order valence-electron chi connectivity index (χ2n) is 7.29. The van der Waals surface area contributed by atoms with Crippen LogP contribution in [0.15, 0.2) is 10.9 Å². The van der Waals surface area contributed by atoms with Gasteiger partial charge in [-0.05, 0) is 31.1 Å². The summed E-state index contributed by atoms with van der Waals surface area (Å²) in [6.45, 7) is 1.79. The average molecular weight is 344 g/mol. The summed E-state index contributed by atoms with van der Waals surface area (Å²) >= 11 is 0. The van der Waals surface area contributed by atoms with Gasteiger partial charge in [-0.15, -0.1) is 0 Å². The first-order valence-electron chi connectivity index (χ1n) is 9.20. The fourth-order valence-corrected chi connectivity index (χ4v) is 4.17. The topological polar surface area (TPSA) is 101 Å². The zero-order valence-electron chi connectivity index (χ0n) is 14.4. The number of hydrogen-bond donors (Lipinski definition) is 1. The lowest BCUT2D eigenvalue weighted by molar-refractivity contribution is -0.134. The third-order valence-corrected chi connectivity index (χ3v) is 5.74. The summed E-state index contributed by atoms with van der Waals surface area (Å²) < 4.78 is 5.20. The average Bonchev–Trinajstić information content (AvgIpc) is 3.32. The largest absolute Gasteiger partial charge is 0.343 e. The van der Waals surface area contributed by atoms with Crippen LogP contribution in [0, 0.1) is 5.41 Å². The molecule has 2 aliphatic rings. The Bertz CT molecular complexity index is 695. The SMILES string of the molecule is O=C(CCc1nc(-c2ncn[nH]2)no1)N1CCC2(CCCCC2)CC1. The van der Waals surface area contributed by atoms with Crippen LogP contribution in [0.1, 0.15) is 57.3 Å². The maximum absolute atomic E-state index is 12.5. The number of amides is 1. The molecule has 0 bridgehead atoms. The van der Waals surface area contributed by atoms with E-state index in [0.29, 0.717) is 35.8 Å². The van der Waals surface area contributed by atoms with Gasteiger partial charge in [0, 0.05) is 25.9 Å². The van der Waals surface area contributed by atoms with Gasteiger partial charge >= 0.3 is 0 Å². The fourth-order valence-electron chi connectivity index (χ4n) is 4.17. The maximum Gasteiger partial charge on any atom is 0.239 e. The molecule has 0 radical (unpaired) electrons. The summed E-state index contributed by atoms with van der Waals surface area (Å²) in [4.78, 5) is 22.7. The second-order valence-corrected chi connectivity index (χ2v) is 7.29. The van der Waals surface area contributed by atoms with Crippen molar-refractivity contribution >= 4 is 5.91 Å². The molecule has 1 N–H and O–H groups in total. The van der Waals surface area contributed by atoms with Gasteiger partial charge in [-0.25, -0.2) is 4.98 Å². The number of carbonyl (C=O) groups excluding carboxylic acids is 1. The van der Waals surface area contributed by atoms with E-state index in [4.69, 9.17) is 4.52 Å². The van der Waals surface area contributed by atoms with Crippen molar-refractivity contribution in [3.8, 4) is 11.6 Å². The van der Waals surface area contributed by atoms with Gasteiger partial charge in [-0.2, -0.15) is 10.1 Å². The summed E-state index contributed by atoms with van der Waals surface area (Å²) in [6.07, 6.45) is 11.4. The second kappa shape index (κ2) is 6.93. The first kappa shape index (κ1) is 16.2. The van der Waals surface area contributed by atoms with E-state index in [1.807, 2.05) is 4.90 Å². The normalized spacial score (nSPS) is 20.1. The first-order chi connectivity index (χ1) is 12.2. The third kappa shape index (κ3) is 3.57. The van der Waals surface area contributed by atoms with Crippen LogP contribution in [0.25, 0.3) is 11.6 Å². The Morgan fingerprint density at radius 1 is 1.20 bits per heavy atom. The van der Waals surface area contributed by atoms with Gasteiger partial charge in [-0.3, -0.25) is 9.89 Å². The van der Waals surface area contributed by atoms with Crippen molar-refractivity contribution in [1.82, 2.24) is 30.2 Å². The van der Waals surface area contributed by atoms with E-state index in [2.05, 4.69) is 25.3 Å². The van der Waals surface area contributed by atoms with Crippen LogP contribution in [0.5, 0.6) is 0 Å². The first-order valence-corrected chi connectivity index (χ1v) is 9.20. The number of carbonyl (C=O) groups is 1. The number of aromatic amines is 1. The van der Waals surface area contributed by atoms with E-state index < -0.39 is 0 Å². The summed E-state index contributed by atoms with van der Waals surface area (Å²) in [7, 11) is 0. The Morgan fingerprint density at radius 2 is 2.00 bits per heavy atom. The van der Waals surface area contributed by atoms with Crippen LogP contribution in [-0.2, 0) is 11.2 Å². The fraction of sp³-hybridized carbons (Fsp3) is 0.706. The summed E-state index contributed by atoms with van der Waals surface area (Å²) in [5.74, 6) is 1.48. The van der Waals surface area contributed by atoms with Gasteiger partial charge in [0.15, 0.2) is 5.82 Å². The Morgan fingerprint density at radius 3 is 2.72 bits per heavy atom. The lowest BCUT2D eigenvalue weighted by atomic mass is 9.68. The van der Waals surface area contributed by atoms with Crippen molar-refractivity contribution in [3.63, 3.8) is 0 Å². The van der Waals surface area contributed by atoms with Crippen LogP contribution < -0.4 is 0 Å². The number of nitrogens with one attached hydrogen (secondary N) is 1. The zero-order chi connectivity index (χ0) is 17.1. The molecule has 2 fully saturated rings. The number of likely N-dealkylation sites (tertiary alicyclic amines) is 1. The van der Waals surface area contributed by atoms with Gasteiger partial charge in [-0.1, -0.05) is 24.4 Å². The minimum absolute atomic E-state index is 0.185. The Balaban J connectivity index is 1.27. The van der Waals surface area contributed by atoms with Crippen LogP contribution in [0.4, 0.5) is 0 Å². The smallest absolute Gasteiger partial charge is 0.239 e. The zero-order valence-corrected chi connectivity index (χ0v) is 14.4. The molecule has 0 unspecified atom stereocenters. The maximum atomic E-state index is 12.5. The van der Waals surface area contributed by atoms with Crippen LogP contribution in [0.3, 0.4) is 0 Å².